The van der Waals surface area contributed by atoms with Gasteiger partial charge >= 0.3 is 0 Å². The Balaban J connectivity index is 1.65. The minimum atomic E-state index is -0.177. The highest BCUT2D eigenvalue weighted by atomic mass is 35.5. The Hall–Kier alpha value is -2.66. The number of nitrogens with zero attached hydrogens (tertiary/aromatic N) is 2. The second-order valence-electron chi connectivity index (χ2n) is 5.50. The Bertz CT molecular complexity index is 872. The van der Waals surface area contributed by atoms with Crippen LogP contribution in [0.3, 0.4) is 0 Å². The number of aromatic nitrogens is 2. The summed E-state index contributed by atoms with van der Waals surface area (Å²) in [5.41, 5.74) is 3.63. The number of benzene rings is 2. The second-order valence-corrected chi connectivity index (χ2v) is 5.94. The first-order valence-electron chi connectivity index (χ1n) is 7.47. The topological polar surface area (TPSA) is 68.0 Å². The summed E-state index contributed by atoms with van der Waals surface area (Å²) in [5, 5.41) is 7.33. The highest BCUT2D eigenvalue weighted by Gasteiger charge is 2.11. The molecule has 0 spiro atoms. The second kappa shape index (κ2) is 6.84. The van der Waals surface area contributed by atoms with Crippen LogP contribution in [0.15, 0.2) is 47.0 Å². The molecule has 0 unspecified atom stereocenters. The molecule has 0 saturated carbocycles. The van der Waals surface area contributed by atoms with Crippen molar-refractivity contribution in [1.82, 2.24) is 15.5 Å². The molecule has 1 amide bonds. The predicted octanol–water partition coefficient (Wildman–Crippen LogP) is 3.94. The van der Waals surface area contributed by atoms with Gasteiger partial charge in [-0.3, -0.25) is 4.79 Å². The fourth-order valence-electron chi connectivity index (χ4n) is 2.18. The smallest absolute Gasteiger partial charge is 0.251 e. The van der Waals surface area contributed by atoms with Gasteiger partial charge in [0, 0.05) is 16.1 Å². The van der Waals surface area contributed by atoms with Crippen molar-refractivity contribution in [1.29, 1.82) is 0 Å². The maximum atomic E-state index is 12.2. The summed E-state index contributed by atoms with van der Waals surface area (Å²) in [6, 6.07) is 12.7. The third-order valence-electron chi connectivity index (χ3n) is 3.74. The predicted molar refractivity (Wildman–Crippen MR) is 91.8 cm³/mol. The van der Waals surface area contributed by atoms with Crippen molar-refractivity contribution in [2.24, 2.45) is 0 Å². The molecule has 122 valence electrons. The first-order chi connectivity index (χ1) is 11.5. The van der Waals surface area contributed by atoms with Crippen LogP contribution in [0.2, 0.25) is 5.02 Å². The number of hydrogen-bond acceptors (Lipinski definition) is 4. The number of halogens is 1. The van der Waals surface area contributed by atoms with Crippen molar-refractivity contribution in [3.63, 3.8) is 0 Å². The number of nitrogens with one attached hydrogen (secondary N) is 1. The van der Waals surface area contributed by atoms with Crippen LogP contribution in [-0.4, -0.2) is 16.0 Å². The van der Waals surface area contributed by atoms with E-state index in [1.54, 1.807) is 18.2 Å². The summed E-state index contributed by atoms with van der Waals surface area (Å²) in [6.45, 7) is 4.16. The highest BCUT2D eigenvalue weighted by molar-refractivity contribution is 6.30. The van der Waals surface area contributed by atoms with Crippen molar-refractivity contribution < 1.29 is 9.32 Å². The summed E-state index contributed by atoms with van der Waals surface area (Å²) in [7, 11) is 0. The molecule has 0 fully saturated rings. The molecule has 0 aliphatic heterocycles. The van der Waals surface area contributed by atoms with Crippen LogP contribution in [0.5, 0.6) is 0 Å². The molecule has 3 aromatic rings. The van der Waals surface area contributed by atoms with Crippen LogP contribution in [0.25, 0.3) is 11.4 Å². The van der Waals surface area contributed by atoms with E-state index in [9.17, 15) is 4.79 Å². The van der Waals surface area contributed by atoms with E-state index in [0.717, 1.165) is 16.7 Å². The van der Waals surface area contributed by atoms with E-state index in [4.69, 9.17) is 16.1 Å². The quantitative estimate of drug-likeness (QED) is 0.780. The zero-order valence-electron chi connectivity index (χ0n) is 13.3. The molecule has 5 nitrogen and oxygen atoms in total. The number of aryl methyl sites for hydroxylation is 2. The maximum absolute atomic E-state index is 12.2. The Labute approximate surface area is 144 Å². The minimum Gasteiger partial charge on any atom is -0.343 e. The van der Waals surface area contributed by atoms with E-state index in [0.29, 0.717) is 22.3 Å². The summed E-state index contributed by atoms with van der Waals surface area (Å²) in [6.07, 6.45) is 0. The van der Waals surface area contributed by atoms with Crippen molar-refractivity contribution >= 4 is 17.5 Å². The summed E-state index contributed by atoms with van der Waals surface area (Å²) >= 11 is 5.86. The molecule has 0 saturated heterocycles. The third-order valence-corrected chi connectivity index (χ3v) is 3.99. The van der Waals surface area contributed by atoms with E-state index < -0.39 is 0 Å². The molecule has 6 heteroatoms. The van der Waals surface area contributed by atoms with Gasteiger partial charge in [0.05, 0.1) is 6.54 Å². The number of rotatable bonds is 4. The molecule has 1 heterocycles. The van der Waals surface area contributed by atoms with Gasteiger partial charge in [0.1, 0.15) is 0 Å². The molecule has 0 bridgehead atoms. The maximum Gasteiger partial charge on any atom is 0.251 e. The Morgan fingerprint density at radius 1 is 1.12 bits per heavy atom. The first kappa shape index (κ1) is 16.2. The van der Waals surface area contributed by atoms with Crippen molar-refractivity contribution in [3.8, 4) is 11.4 Å². The van der Waals surface area contributed by atoms with Gasteiger partial charge in [-0.2, -0.15) is 4.98 Å². The van der Waals surface area contributed by atoms with Crippen LogP contribution in [-0.2, 0) is 6.54 Å². The van der Waals surface area contributed by atoms with Crippen LogP contribution in [0.4, 0.5) is 0 Å². The van der Waals surface area contributed by atoms with Crippen molar-refractivity contribution in [2.75, 3.05) is 0 Å². The van der Waals surface area contributed by atoms with Gasteiger partial charge in [-0.15, -0.1) is 0 Å². The third kappa shape index (κ3) is 3.63. The molecule has 2 aromatic carbocycles. The van der Waals surface area contributed by atoms with E-state index in [-0.39, 0.29) is 12.5 Å². The van der Waals surface area contributed by atoms with E-state index >= 15 is 0 Å². The first-order valence-corrected chi connectivity index (χ1v) is 7.85. The van der Waals surface area contributed by atoms with Gasteiger partial charge in [-0.1, -0.05) is 22.8 Å². The lowest BCUT2D eigenvalue weighted by Gasteiger charge is -2.05. The highest BCUT2D eigenvalue weighted by Crippen LogP contribution is 2.18. The van der Waals surface area contributed by atoms with Gasteiger partial charge in [0.25, 0.3) is 5.91 Å². The molecule has 0 aliphatic carbocycles. The van der Waals surface area contributed by atoms with Crippen LogP contribution < -0.4 is 5.32 Å². The summed E-state index contributed by atoms with van der Waals surface area (Å²) in [4.78, 5) is 16.5. The van der Waals surface area contributed by atoms with Crippen LogP contribution >= 0.6 is 11.6 Å². The molecular weight excluding hydrogens is 326 g/mol. The Morgan fingerprint density at radius 2 is 1.88 bits per heavy atom. The van der Waals surface area contributed by atoms with E-state index in [2.05, 4.69) is 15.5 Å². The normalized spacial score (nSPS) is 10.6. The Morgan fingerprint density at radius 3 is 2.58 bits per heavy atom. The molecule has 1 N–H and O–H groups in total. The van der Waals surface area contributed by atoms with Crippen LogP contribution in [0.1, 0.15) is 27.4 Å². The molecule has 24 heavy (non-hydrogen) atoms. The van der Waals surface area contributed by atoms with Crippen molar-refractivity contribution in [3.05, 3.63) is 70.1 Å². The average Bonchev–Trinajstić information content (AvgIpc) is 3.05. The van der Waals surface area contributed by atoms with Gasteiger partial charge < -0.3 is 9.84 Å². The van der Waals surface area contributed by atoms with E-state index in [1.165, 1.54) is 0 Å². The summed E-state index contributed by atoms with van der Waals surface area (Å²) < 4.78 is 5.17. The number of hydrogen-bond donors (Lipinski definition) is 1. The fourth-order valence-corrected chi connectivity index (χ4v) is 2.31. The minimum absolute atomic E-state index is 0.173. The molecule has 0 atom stereocenters. The number of carbonyl (C=O) groups excluding carboxylic acids is 1. The fraction of sp³-hybridized carbons (Fsp3) is 0.167. The van der Waals surface area contributed by atoms with E-state index in [1.807, 2.05) is 38.1 Å². The van der Waals surface area contributed by atoms with Gasteiger partial charge in [-0.05, 0) is 61.4 Å². The summed E-state index contributed by atoms with van der Waals surface area (Å²) in [5.74, 6) is 0.628. The SMILES string of the molecule is Cc1ccc(C(=O)NCc2nc(-c3ccc(Cl)cc3)no2)cc1C. The molecule has 0 aliphatic rings. The lowest BCUT2D eigenvalue weighted by Crippen LogP contribution is -2.23. The van der Waals surface area contributed by atoms with Gasteiger partial charge in [0.2, 0.25) is 11.7 Å². The zero-order valence-corrected chi connectivity index (χ0v) is 14.1. The lowest BCUT2D eigenvalue weighted by molar-refractivity contribution is 0.0946. The number of amides is 1. The molecule has 3 rings (SSSR count). The van der Waals surface area contributed by atoms with Gasteiger partial charge in [-0.25, -0.2) is 0 Å². The lowest BCUT2D eigenvalue weighted by atomic mass is 10.1. The zero-order chi connectivity index (χ0) is 17.1. The average molecular weight is 342 g/mol. The monoisotopic (exact) mass is 341 g/mol. The molecule has 0 radical (unpaired) electrons. The number of carbonyl (C=O) groups is 1. The molecule has 1 aromatic heterocycles. The van der Waals surface area contributed by atoms with Crippen molar-refractivity contribution in [2.45, 2.75) is 20.4 Å². The largest absolute Gasteiger partial charge is 0.343 e. The van der Waals surface area contributed by atoms with Crippen LogP contribution in [0, 0.1) is 13.8 Å². The standard InChI is InChI=1S/C18H16ClN3O2/c1-11-3-4-14(9-12(11)2)18(23)20-10-16-21-17(22-24-16)13-5-7-15(19)8-6-13/h3-9H,10H2,1-2H3,(H,20,23). The Kier molecular flexibility index (Phi) is 4.62. The molecular formula is C18H16ClN3O2. The van der Waals surface area contributed by atoms with Gasteiger partial charge in [0.15, 0.2) is 0 Å².